The second-order valence-corrected chi connectivity index (χ2v) is 6.37. The summed E-state index contributed by atoms with van der Waals surface area (Å²) in [5, 5.41) is 0. The highest BCUT2D eigenvalue weighted by molar-refractivity contribution is 6.05. The lowest BCUT2D eigenvalue weighted by Gasteiger charge is -2.43. The van der Waals surface area contributed by atoms with Gasteiger partial charge in [-0.1, -0.05) is 19.1 Å². The third-order valence-electron chi connectivity index (χ3n) is 4.81. The number of Topliss-reactive ketones (excluding diaryl/α,β-unsaturated/α-hetero) is 1. The van der Waals surface area contributed by atoms with Gasteiger partial charge in [-0.3, -0.25) is 9.69 Å². The highest BCUT2D eigenvalue weighted by atomic mass is 16.5. The van der Waals surface area contributed by atoms with E-state index < -0.39 is 0 Å². The first-order valence-electron chi connectivity index (χ1n) is 7.95. The minimum atomic E-state index is -0.375. The van der Waals surface area contributed by atoms with E-state index in [1.807, 2.05) is 45.3 Å². The summed E-state index contributed by atoms with van der Waals surface area (Å²) in [5.41, 5.74) is 0.349. The van der Waals surface area contributed by atoms with E-state index in [1.54, 1.807) is 0 Å². The average molecular weight is 289 g/mol. The summed E-state index contributed by atoms with van der Waals surface area (Å²) in [6, 6.07) is 7.64. The second kappa shape index (κ2) is 6.61. The number of hydrogen-bond donors (Lipinski definition) is 0. The molecule has 1 aliphatic carbocycles. The maximum atomic E-state index is 13.2. The Morgan fingerprint density at radius 2 is 1.90 bits per heavy atom. The Balaban J connectivity index is 2.36. The Bertz CT molecular complexity index is 488. The van der Waals surface area contributed by atoms with Crippen LogP contribution in [0, 0.1) is 5.92 Å². The molecule has 0 unspecified atom stereocenters. The molecule has 0 heterocycles. The van der Waals surface area contributed by atoms with Crippen LogP contribution in [0.2, 0.25) is 0 Å². The molecule has 0 aromatic heterocycles. The summed E-state index contributed by atoms with van der Waals surface area (Å²) in [6.07, 6.45) is 4.09. The molecule has 0 saturated heterocycles. The molecule has 2 rings (SSSR count). The third-order valence-corrected chi connectivity index (χ3v) is 4.81. The fourth-order valence-electron chi connectivity index (χ4n) is 3.30. The molecule has 1 saturated carbocycles. The highest BCUT2D eigenvalue weighted by Gasteiger charge is 2.43. The molecule has 116 valence electrons. The highest BCUT2D eigenvalue weighted by Crippen LogP contribution is 2.39. The number of hydrogen-bond acceptors (Lipinski definition) is 3. The molecule has 0 spiro atoms. The average Bonchev–Trinajstić information content (AvgIpc) is 2.48. The van der Waals surface area contributed by atoms with Gasteiger partial charge in [-0.15, -0.1) is 0 Å². The second-order valence-electron chi connectivity index (χ2n) is 6.37. The number of para-hydroxylation sites is 1. The van der Waals surface area contributed by atoms with E-state index in [4.69, 9.17) is 4.74 Å². The smallest absolute Gasteiger partial charge is 0.186 e. The third kappa shape index (κ3) is 3.13. The molecule has 1 fully saturated rings. The van der Waals surface area contributed by atoms with Crippen LogP contribution in [0.25, 0.3) is 0 Å². The quantitative estimate of drug-likeness (QED) is 0.773. The predicted octanol–water partition coefficient (Wildman–Crippen LogP) is 3.78. The van der Waals surface area contributed by atoms with Crippen LogP contribution in [-0.4, -0.2) is 36.9 Å². The number of carbonyl (C=O) groups is 1. The topological polar surface area (TPSA) is 29.5 Å². The summed E-state index contributed by atoms with van der Waals surface area (Å²) >= 11 is 0. The first kappa shape index (κ1) is 16.0. The van der Waals surface area contributed by atoms with Crippen molar-refractivity contribution >= 4 is 5.78 Å². The van der Waals surface area contributed by atoms with Gasteiger partial charge in [0.05, 0.1) is 17.7 Å². The summed E-state index contributed by atoms with van der Waals surface area (Å²) in [5.74, 6) is 1.64. The summed E-state index contributed by atoms with van der Waals surface area (Å²) in [7, 11) is 4.05. The molecule has 0 N–H and O–H groups in total. The number of ketones is 1. The summed E-state index contributed by atoms with van der Waals surface area (Å²) < 4.78 is 5.66. The number of ether oxygens (including phenoxy) is 1. The van der Waals surface area contributed by atoms with Crippen LogP contribution < -0.4 is 4.74 Å². The van der Waals surface area contributed by atoms with E-state index in [-0.39, 0.29) is 11.3 Å². The van der Waals surface area contributed by atoms with Crippen molar-refractivity contribution in [3.63, 3.8) is 0 Å². The molecule has 3 nitrogen and oxygen atoms in total. The van der Waals surface area contributed by atoms with Crippen molar-refractivity contribution < 1.29 is 9.53 Å². The molecule has 0 atom stereocenters. The first-order valence-corrected chi connectivity index (χ1v) is 7.95. The maximum absolute atomic E-state index is 13.2. The Hall–Kier alpha value is -1.35. The van der Waals surface area contributed by atoms with E-state index in [1.165, 1.54) is 0 Å². The van der Waals surface area contributed by atoms with Crippen LogP contribution in [0.15, 0.2) is 24.3 Å². The zero-order chi connectivity index (χ0) is 15.5. The van der Waals surface area contributed by atoms with E-state index in [0.717, 1.165) is 31.2 Å². The molecular weight excluding hydrogens is 262 g/mol. The lowest BCUT2D eigenvalue weighted by molar-refractivity contribution is 0.0510. The molecule has 0 radical (unpaired) electrons. The Morgan fingerprint density at radius 3 is 2.48 bits per heavy atom. The number of likely N-dealkylation sites (N-methyl/N-ethyl adjacent to an activating group) is 1. The normalized spacial score (nSPS) is 25.9. The lowest BCUT2D eigenvalue weighted by atomic mass is 9.72. The molecule has 1 aromatic rings. The van der Waals surface area contributed by atoms with Crippen molar-refractivity contribution in [2.24, 2.45) is 5.92 Å². The maximum Gasteiger partial charge on any atom is 0.186 e. The molecule has 1 aromatic carbocycles. The van der Waals surface area contributed by atoms with Gasteiger partial charge in [-0.05, 0) is 64.8 Å². The van der Waals surface area contributed by atoms with Crippen molar-refractivity contribution in [1.82, 2.24) is 4.90 Å². The molecule has 1 aliphatic rings. The number of nitrogens with zero attached hydrogens (tertiary/aromatic N) is 1. The van der Waals surface area contributed by atoms with Gasteiger partial charge in [-0.2, -0.15) is 0 Å². The van der Waals surface area contributed by atoms with Gasteiger partial charge in [0.1, 0.15) is 5.75 Å². The van der Waals surface area contributed by atoms with E-state index in [2.05, 4.69) is 11.8 Å². The fourth-order valence-corrected chi connectivity index (χ4v) is 3.30. The van der Waals surface area contributed by atoms with Crippen LogP contribution >= 0.6 is 0 Å². The predicted molar refractivity (Wildman–Crippen MR) is 86.0 cm³/mol. The van der Waals surface area contributed by atoms with Crippen LogP contribution in [0.4, 0.5) is 0 Å². The van der Waals surface area contributed by atoms with Crippen LogP contribution in [-0.2, 0) is 0 Å². The van der Waals surface area contributed by atoms with Gasteiger partial charge in [0.15, 0.2) is 5.78 Å². The number of benzene rings is 1. The van der Waals surface area contributed by atoms with Crippen LogP contribution in [0.5, 0.6) is 5.75 Å². The van der Waals surface area contributed by atoms with Gasteiger partial charge < -0.3 is 4.74 Å². The van der Waals surface area contributed by atoms with Crippen LogP contribution in [0.3, 0.4) is 0 Å². The molecule has 0 bridgehead atoms. The number of carbonyl (C=O) groups excluding carboxylic acids is 1. The zero-order valence-electron chi connectivity index (χ0n) is 13.7. The van der Waals surface area contributed by atoms with Crippen molar-refractivity contribution in [1.29, 1.82) is 0 Å². The Labute approximate surface area is 128 Å². The van der Waals surface area contributed by atoms with Crippen molar-refractivity contribution in [3.8, 4) is 5.75 Å². The fraction of sp³-hybridized carbons (Fsp3) is 0.611. The monoisotopic (exact) mass is 289 g/mol. The molecule has 21 heavy (non-hydrogen) atoms. The van der Waals surface area contributed by atoms with Gasteiger partial charge in [0.25, 0.3) is 0 Å². The molecular formula is C18H27NO2. The first-order chi connectivity index (χ1) is 10.0. The summed E-state index contributed by atoms with van der Waals surface area (Å²) in [4.78, 5) is 15.4. The minimum absolute atomic E-state index is 0.212. The van der Waals surface area contributed by atoms with Gasteiger partial charge in [0.2, 0.25) is 0 Å². The SMILES string of the molecule is CCOc1ccccc1C(=O)C1(N(C)C)CCC(C)CC1. The van der Waals surface area contributed by atoms with Gasteiger partial charge in [0, 0.05) is 0 Å². The molecule has 3 heteroatoms. The van der Waals surface area contributed by atoms with Crippen molar-refractivity contribution in [2.75, 3.05) is 20.7 Å². The van der Waals surface area contributed by atoms with Crippen molar-refractivity contribution in [3.05, 3.63) is 29.8 Å². The van der Waals surface area contributed by atoms with Crippen LogP contribution in [0.1, 0.15) is 49.9 Å². The van der Waals surface area contributed by atoms with Gasteiger partial charge in [-0.25, -0.2) is 0 Å². The molecule has 0 amide bonds. The van der Waals surface area contributed by atoms with Crippen molar-refractivity contribution in [2.45, 2.75) is 45.1 Å². The zero-order valence-corrected chi connectivity index (χ0v) is 13.7. The van der Waals surface area contributed by atoms with E-state index in [0.29, 0.717) is 18.3 Å². The largest absolute Gasteiger partial charge is 0.493 e. The summed E-state index contributed by atoms with van der Waals surface area (Å²) in [6.45, 7) is 4.81. The lowest BCUT2D eigenvalue weighted by Crippen LogP contribution is -2.53. The Morgan fingerprint density at radius 1 is 1.29 bits per heavy atom. The molecule has 0 aliphatic heterocycles. The van der Waals surface area contributed by atoms with E-state index in [9.17, 15) is 4.79 Å². The Kier molecular flexibility index (Phi) is 5.04. The number of rotatable bonds is 5. The van der Waals surface area contributed by atoms with Gasteiger partial charge >= 0.3 is 0 Å². The minimum Gasteiger partial charge on any atom is -0.493 e. The standard InChI is InChI=1S/C18H27NO2/c1-5-21-16-9-7-6-8-15(16)17(20)18(19(3)4)12-10-14(2)11-13-18/h6-9,14H,5,10-13H2,1-4H3. The van der Waals surface area contributed by atoms with E-state index >= 15 is 0 Å².